The maximum atomic E-state index is 4.93. The molecule has 0 radical (unpaired) electrons. The SMILES string of the molecule is [CH-]=C/C=C/C.[CH-]=C/C=C/C.[Cl-].[Cl-].[Ti+4]. The quantitative estimate of drug-likeness (QED) is 0.281. The summed E-state index contributed by atoms with van der Waals surface area (Å²) in [6.45, 7) is 13.7. The Balaban J connectivity index is -0.0000000267. The van der Waals surface area contributed by atoms with E-state index in [1.807, 2.05) is 26.0 Å². The van der Waals surface area contributed by atoms with Crippen molar-refractivity contribution in [3.05, 3.63) is 49.6 Å². The first-order valence-corrected chi connectivity index (χ1v) is 3.15. The van der Waals surface area contributed by atoms with Gasteiger partial charge in [-0.05, 0) is 0 Å². The molecule has 0 spiro atoms. The van der Waals surface area contributed by atoms with Crippen molar-refractivity contribution in [2.24, 2.45) is 0 Å². The molecule has 0 saturated carbocycles. The Hall–Kier alpha value is 0.254. The Labute approximate surface area is 110 Å². The summed E-state index contributed by atoms with van der Waals surface area (Å²) in [7, 11) is 0. The summed E-state index contributed by atoms with van der Waals surface area (Å²) in [6.07, 6.45) is 10.3. The topological polar surface area (TPSA) is 0 Å². The molecule has 0 amide bonds. The summed E-state index contributed by atoms with van der Waals surface area (Å²) in [4.78, 5) is 0. The molecule has 0 aliphatic carbocycles. The smallest absolute Gasteiger partial charge is 1.00 e. The van der Waals surface area contributed by atoms with E-state index in [4.69, 9.17) is 13.2 Å². The van der Waals surface area contributed by atoms with Crippen LogP contribution in [0.5, 0.6) is 0 Å². The van der Waals surface area contributed by atoms with Crippen LogP contribution in [-0.2, 0) is 21.7 Å². The second-order valence-electron chi connectivity index (χ2n) is 1.44. The molecule has 0 N–H and O–H groups in total. The largest absolute Gasteiger partial charge is 4.00 e. The second-order valence-corrected chi connectivity index (χ2v) is 1.44. The molecule has 0 saturated heterocycles. The molecular formula is C10H14Cl2Ti. The molecule has 0 aromatic heterocycles. The molecule has 0 aliphatic heterocycles. The Kier molecular flexibility index (Phi) is 89.2. The van der Waals surface area contributed by atoms with E-state index in [1.165, 1.54) is 12.2 Å². The van der Waals surface area contributed by atoms with E-state index in [2.05, 4.69) is 0 Å². The summed E-state index contributed by atoms with van der Waals surface area (Å²) in [5, 5.41) is 0. The third-order valence-corrected chi connectivity index (χ3v) is 0.607. The maximum absolute atomic E-state index is 4.93. The molecule has 0 bridgehead atoms. The minimum Gasteiger partial charge on any atom is -1.00 e. The molecule has 0 heterocycles. The van der Waals surface area contributed by atoms with Crippen molar-refractivity contribution in [2.75, 3.05) is 0 Å². The van der Waals surface area contributed by atoms with E-state index in [-0.39, 0.29) is 46.5 Å². The van der Waals surface area contributed by atoms with Crippen LogP contribution in [0.2, 0.25) is 0 Å². The average Bonchev–Trinajstić information content (AvgIpc) is 1.93. The third-order valence-electron chi connectivity index (χ3n) is 0.607. The van der Waals surface area contributed by atoms with Crippen molar-refractivity contribution in [1.29, 1.82) is 0 Å². The van der Waals surface area contributed by atoms with E-state index in [9.17, 15) is 0 Å². The van der Waals surface area contributed by atoms with Gasteiger partial charge in [0.1, 0.15) is 0 Å². The van der Waals surface area contributed by atoms with Gasteiger partial charge in [0, 0.05) is 0 Å². The van der Waals surface area contributed by atoms with Crippen molar-refractivity contribution >= 4 is 0 Å². The molecule has 0 aromatic carbocycles. The minimum absolute atomic E-state index is 0. The van der Waals surface area contributed by atoms with Crippen molar-refractivity contribution in [3.8, 4) is 0 Å². The Morgan fingerprint density at radius 1 is 0.769 bits per heavy atom. The van der Waals surface area contributed by atoms with E-state index in [0.717, 1.165) is 0 Å². The Morgan fingerprint density at radius 2 is 1.00 bits per heavy atom. The van der Waals surface area contributed by atoms with E-state index >= 15 is 0 Å². The molecule has 13 heavy (non-hydrogen) atoms. The number of hydrogen-bond donors (Lipinski definition) is 0. The van der Waals surface area contributed by atoms with E-state index in [0.29, 0.717) is 0 Å². The Bertz CT molecular complexity index is 113. The Morgan fingerprint density at radius 3 is 1.00 bits per heavy atom. The second kappa shape index (κ2) is 39.7. The van der Waals surface area contributed by atoms with Crippen LogP contribution < -0.4 is 24.8 Å². The van der Waals surface area contributed by atoms with Gasteiger partial charge in [-0.15, -0.1) is 0 Å². The first-order chi connectivity index (χ1) is 4.83. The number of hydrogen-bond acceptors (Lipinski definition) is 0. The zero-order chi connectivity index (χ0) is 8.24. The fourth-order valence-electron chi connectivity index (χ4n) is 0.222. The standard InChI is InChI=1S/2C5H7.2ClH.Ti/c2*1-3-5-4-2;;;/h2*1,3-5H,2H3;2*1H;/q2*-1;;;+4/p-2/b2*5-4+;;;. The number of allylic oxidation sites excluding steroid dienone is 6. The van der Waals surface area contributed by atoms with Gasteiger partial charge in [0.05, 0.1) is 0 Å². The predicted octanol–water partition coefficient (Wildman–Crippen LogP) is -2.89. The first kappa shape index (κ1) is 29.2. The van der Waals surface area contributed by atoms with Gasteiger partial charge < -0.3 is 24.8 Å². The van der Waals surface area contributed by atoms with Gasteiger partial charge >= 0.3 is 21.7 Å². The summed E-state index contributed by atoms with van der Waals surface area (Å²) < 4.78 is 0. The summed E-state index contributed by atoms with van der Waals surface area (Å²) in [5.74, 6) is 0. The average molecular weight is 253 g/mol. The zero-order valence-corrected chi connectivity index (χ0v) is 10.9. The molecule has 0 aliphatic rings. The number of rotatable bonds is 2. The van der Waals surface area contributed by atoms with Crippen LogP contribution in [0, 0.1) is 13.2 Å². The summed E-state index contributed by atoms with van der Waals surface area (Å²) in [5.41, 5.74) is 0. The molecule has 0 rings (SSSR count). The summed E-state index contributed by atoms with van der Waals surface area (Å²) >= 11 is 0. The van der Waals surface area contributed by atoms with Gasteiger partial charge in [0.2, 0.25) is 0 Å². The maximum Gasteiger partial charge on any atom is 4.00 e. The van der Waals surface area contributed by atoms with Crippen molar-refractivity contribution in [3.63, 3.8) is 0 Å². The van der Waals surface area contributed by atoms with Gasteiger partial charge in [-0.1, -0.05) is 13.8 Å². The van der Waals surface area contributed by atoms with Gasteiger partial charge in [0.25, 0.3) is 0 Å². The molecule has 0 atom stereocenters. The summed E-state index contributed by atoms with van der Waals surface area (Å²) in [6, 6.07) is 0. The van der Waals surface area contributed by atoms with Crippen molar-refractivity contribution in [1.82, 2.24) is 0 Å². The van der Waals surface area contributed by atoms with Crippen LogP contribution in [0.3, 0.4) is 0 Å². The van der Waals surface area contributed by atoms with Crippen molar-refractivity contribution < 1.29 is 46.5 Å². The first-order valence-electron chi connectivity index (χ1n) is 3.15. The third kappa shape index (κ3) is 71.2. The minimum atomic E-state index is 0. The van der Waals surface area contributed by atoms with Gasteiger partial charge in [0.15, 0.2) is 0 Å². The monoisotopic (exact) mass is 252 g/mol. The van der Waals surface area contributed by atoms with Gasteiger partial charge in [-0.3, -0.25) is 13.2 Å². The van der Waals surface area contributed by atoms with E-state index < -0.39 is 0 Å². The predicted molar refractivity (Wildman–Crippen MR) is 47.4 cm³/mol. The molecule has 0 unspecified atom stereocenters. The normalized spacial score (nSPS) is 6.92. The van der Waals surface area contributed by atoms with Gasteiger partial charge in [-0.2, -0.15) is 12.2 Å². The molecular weight excluding hydrogens is 239 g/mol. The zero-order valence-electron chi connectivity index (χ0n) is 7.87. The van der Waals surface area contributed by atoms with Crippen LogP contribution >= 0.6 is 0 Å². The van der Waals surface area contributed by atoms with E-state index in [1.54, 1.807) is 12.2 Å². The van der Waals surface area contributed by atoms with Crippen LogP contribution in [0.4, 0.5) is 0 Å². The van der Waals surface area contributed by atoms with Crippen LogP contribution in [0.15, 0.2) is 36.5 Å². The van der Waals surface area contributed by atoms with Crippen LogP contribution in [-0.4, -0.2) is 0 Å². The molecule has 0 nitrogen and oxygen atoms in total. The van der Waals surface area contributed by atoms with Crippen LogP contribution in [0.1, 0.15) is 13.8 Å². The van der Waals surface area contributed by atoms with Crippen molar-refractivity contribution in [2.45, 2.75) is 13.8 Å². The molecule has 3 heteroatoms. The molecule has 0 aromatic rings. The fourth-order valence-corrected chi connectivity index (χ4v) is 0.222. The van der Waals surface area contributed by atoms with Crippen LogP contribution in [0.25, 0.3) is 0 Å². The van der Waals surface area contributed by atoms with Gasteiger partial charge in [-0.25, -0.2) is 24.3 Å². The number of halogens is 2. The fraction of sp³-hybridized carbons (Fsp3) is 0.200. The molecule has 72 valence electrons. The molecule has 0 fully saturated rings.